The van der Waals surface area contributed by atoms with Crippen molar-refractivity contribution in [3.05, 3.63) is 36.0 Å². The number of fused-ring (bicyclic) bond motifs is 1. The third-order valence-corrected chi connectivity index (χ3v) is 4.56. The monoisotopic (exact) mass is 304 g/mol. The van der Waals surface area contributed by atoms with Crippen LogP contribution in [-0.4, -0.2) is 21.6 Å². The fraction of sp³-hybridized carbons (Fsp3) is 0.556. The molecule has 0 amide bonds. The van der Waals surface area contributed by atoms with Crippen molar-refractivity contribution in [1.29, 1.82) is 0 Å². The van der Waals surface area contributed by atoms with Gasteiger partial charge in [0.2, 0.25) is 0 Å². The smallest absolute Gasteiger partial charge is 0.0482 e. The fourth-order valence-corrected chi connectivity index (χ4v) is 3.12. The Morgan fingerprint density at radius 3 is 2.67 bits per heavy atom. The van der Waals surface area contributed by atoms with Gasteiger partial charge in [-0.25, -0.2) is 0 Å². The van der Waals surface area contributed by atoms with E-state index in [1.165, 1.54) is 34.5 Å². The van der Waals surface area contributed by atoms with Crippen molar-refractivity contribution in [3.63, 3.8) is 0 Å². The second-order valence-electron chi connectivity index (χ2n) is 6.50. The molecule has 0 fully saturated rings. The molecule has 3 heteroatoms. The Labute approximate surface area is 133 Å². The number of para-hydroxylation sites is 1. The summed E-state index contributed by atoms with van der Waals surface area (Å²) in [5, 5.41) is 4.97. The lowest BCUT2D eigenvalue weighted by molar-refractivity contribution is 0.416. The van der Waals surface area contributed by atoms with Gasteiger partial charge >= 0.3 is 0 Å². The number of aromatic nitrogens is 1. The molecule has 0 spiro atoms. The lowest BCUT2D eigenvalue weighted by Gasteiger charge is -2.21. The van der Waals surface area contributed by atoms with Crippen LogP contribution < -0.4 is 5.32 Å². The second kappa shape index (κ2) is 7.37. The molecule has 21 heavy (non-hydrogen) atoms. The minimum Gasteiger partial charge on any atom is -0.343 e. The molecule has 1 aromatic carbocycles. The van der Waals surface area contributed by atoms with Gasteiger partial charge in [-0.1, -0.05) is 25.1 Å². The maximum atomic E-state index is 3.62. The van der Waals surface area contributed by atoms with Crippen LogP contribution in [0.2, 0.25) is 0 Å². The second-order valence-corrected chi connectivity index (χ2v) is 7.89. The maximum absolute atomic E-state index is 3.62. The van der Waals surface area contributed by atoms with E-state index < -0.39 is 0 Å². The molecule has 1 heterocycles. The molecule has 0 saturated carbocycles. The van der Waals surface area contributed by atoms with Crippen LogP contribution in [0.4, 0.5) is 0 Å². The molecule has 0 aliphatic carbocycles. The van der Waals surface area contributed by atoms with E-state index in [0.29, 0.717) is 0 Å². The van der Waals surface area contributed by atoms with Gasteiger partial charge in [0, 0.05) is 29.8 Å². The highest BCUT2D eigenvalue weighted by Gasteiger charge is 2.12. The molecule has 0 atom stereocenters. The molecule has 0 unspecified atom stereocenters. The molecule has 2 nitrogen and oxygen atoms in total. The van der Waals surface area contributed by atoms with Crippen LogP contribution in [-0.2, 0) is 13.1 Å². The maximum Gasteiger partial charge on any atom is 0.0482 e. The van der Waals surface area contributed by atoms with Gasteiger partial charge < -0.3 is 9.88 Å². The Balaban J connectivity index is 2.17. The molecule has 0 bridgehead atoms. The first-order valence-electron chi connectivity index (χ1n) is 7.91. The number of nitrogens with zero attached hydrogens (tertiary/aromatic N) is 1. The van der Waals surface area contributed by atoms with Crippen molar-refractivity contribution in [2.75, 3.05) is 11.5 Å². The number of hydrogen-bond acceptors (Lipinski definition) is 2. The Bertz CT molecular complexity index is 566. The van der Waals surface area contributed by atoms with E-state index in [9.17, 15) is 0 Å². The van der Waals surface area contributed by atoms with E-state index in [-0.39, 0.29) is 5.54 Å². The van der Waals surface area contributed by atoms with Gasteiger partial charge in [0.1, 0.15) is 0 Å². The van der Waals surface area contributed by atoms with E-state index in [2.05, 4.69) is 67.9 Å². The zero-order valence-electron chi connectivity index (χ0n) is 13.8. The molecule has 1 aromatic heterocycles. The first kappa shape index (κ1) is 16.4. The summed E-state index contributed by atoms with van der Waals surface area (Å²) in [5.74, 6) is 2.46. The number of hydrogen-bond donors (Lipinski definition) is 1. The highest BCUT2D eigenvalue weighted by molar-refractivity contribution is 7.99. The summed E-state index contributed by atoms with van der Waals surface area (Å²) in [7, 11) is 0. The topological polar surface area (TPSA) is 17.0 Å². The summed E-state index contributed by atoms with van der Waals surface area (Å²) in [6, 6.07) is 11.1. The normalized spacial score (nSPS) is 12.2. The van der Waals surface area contributed by atoms with E-state index in [4.69, 9.17) is 0 Å². The van der Waals surface area contributed by atoms with Crippen LogP contribution in [0.1, 0.15) is 39.8 Å². The van der Waals surface area contributed by atoms with Gasteiger partial charge in [-0.2, -0.15) is 11.8 Å². The molecule has 2 rings (SSSR count). The van der Waals surface area contributed by atoms with Crippen molar-refractivity contribution in [3.8, 4) is 0 Å². The summed E-state index contributed by atoms with van der Waals surface area (Å²) in [5.41, 5.74) is 2.91. The van der Waals surface area contributed by atoms with E-state index in [1.807, 2.05) is 11.8 Å². The third kappa shape index (κ3) is 4.79. The Hall–Kier alpha value is -0.930. The van der Waals surface area contributed by atoms with Crippen molar-refractivity contribution < 1.29 is 0 Å². The van der Waals surface area contributed by atoms with Gasteiger partial charge in [-0.3, -0.25) is 0 Å². The number of thioether (sulfide) groups is 1. The first-order valence-corrected chi connectivity index (χ1v) is 9.06. The Morgan fingerprint density at radius 2 is 1.95 bits per heavy atom. The average Bonchev–Trinajstić information content (AvgIpc) is 2.79. The first-order chi connectivity index (χ1) is 10.0. The van der Waals surface area contributed by atoms with Gasteiger partial charge in [-0.15, -0.1) is 0 Å². The summed E-state index contributed by atoms with van der Waals surface area (Å²) < 4.78 is 2.49. The number of rotatable bonds is 7. The van der Waals surface area contributed by atoms with Crippen molar-refractivity contribution in [1.82, 2.24) is 9.88 Å². The van der Waals surface area contributed by atoms with Gasteiger partial charge in [0.05, 0.1) is 0 Å². The Kier molecular flexibility index (Phi) is 5.77. The predicted molar refractivity (Wildman–Crippen MR) is 96.1 cm³/mol. The van der Waals surface area contributed by atoms with Gasteiger partial charge in [0.25, 0.3) is 0 Å². The highest BCUT2D eigenvalue weighted by Crippen LogP contribution is 2.21. The quantitative estimate of drug-likeness (QED) is 0.748. The van der Waals surface area contributed by atoms with Crippen LogP contribution in [0.5, 0.6) is 0 Å². The minimum atomic E-state index is 0.152. The lowest BCUT2D eigenvalue weighted by Crippen LogP contribution is -2.35. The molecule has 0 aliphatic heterocycles. The summed E-state index contributed by atoms with van der Waals surface area (Å²) in [4.78, 5) is 0. The van der Waals surface area contributed by atoms with Crippen molar-refractivity contribution in [2.24, 2.45) is 0 Å². The minimum absolute atomic E-state index is 0.152. The summed E-state index contributed by atoms with van der Waals surface area (Å²) in [6.45, 7) is 10.9. The standard InChI is InChI=1S/C18H28N2S/c1-5-21-12-8-11-20-16(14-19-18(2,3)4)13-15-9-6-7-10-17(15)20/h6-7,9-10,13,19H,5,8,11-12,14H2,1-4H3. The molecule has 2 aromatic rings. The van der Waals surface area contributed by atoms with Crippen LogP contribution in [0, 0.1) is 0 Å². The summed E-state index contributed by atoms with van der Waals surface area (Å²) >= 11 is 2.03. The van der Waals surface area contributed by atoms with Gasteiger partial charge in [0.15, 0.2) is 0 Å². The molecule has 0 saturated heterocycles. The largest absolute Gasteiger partial charge is 0.343 e. The third-order valence-electron chi connectivity index (χ3n) is 3.57. The lowest BCUT2D eigenvalue weighted by atomic mass is 10.1. The van der Waals surface area contributed by atoms with Crippen LogP contribution in [0.25, 0.3) is 10.9 Å². The molecule has 0 radical (unpaired) electrons. The van der Waals surface area contributed by atoms with E-state index in [1.54, 1.807) is 0 Å². The number of aryl methyl sites for hydroxylation is 1. The fourth-order valence-electron chi connectivity index (χ4n) is 2.50. The molecular formula is C18H28N2S. The SMILES string of the molecule is CCSCCCn1c(CNC(C)(C)C)cc2ccccc21. The van der Waals surface area contributed by atoms with Crippen LogP contribution in [0.3, 0.4) is 0 Å². The molecule has 0 aliphatic rings. The van der Waals surface area contributed by atoms with Crippen molar-refractivity contribution in [2.45, 2.75) is 52.7 Å². The zero-order chi connectivity index (χ0) is 15.3. The summed E-state index contributed by atoms with van der Waals surface area (Å²) in [6.07, 6.45) is 1.24. The van der Waals surface area contributed by atoms with Crippen LogP contribution in [0.15, 0.2) is 30.3 Å². The molecule has 1 N–H and O–H groups in total. The average molecular weight is 305 g/mol. The zero-order valence-corrected chi connectivity index (χ0v) is 14.6. The van der Waals surface area contributed by atoms with E-state index >= 15 is 0 Å². The number of nitrogens with one attached hydrogen (secondary N) is 1. The predicted octanol–water partition coefficient (Wildman–Crippen LogP) is 4.67. The van der Waals surface area contributed by atoms with Gasteiger partial charge in [-0.05, 0) is 56.2 Å². The van der Waals surface area contributed by atoms with E-state index in [0.717, 1.165) is 13.1 Å². The number of benzene rings is 1. The van der Waals surface area contributed by atoms with Crippen LogP contribution >= 0.6 is 11.8 Å². The molecular weight excluding hydrogens is 276 g/mol. The molecule has 116 valence electrons. The Morgan fingerprint density at radius 1 is 1.19 bits per heavy atom. The highest BCUT2D eigenvalue weighted by atomic mass is 32.2. The van der Waals surface area contributed by atoms with Crippen molar-refractivity contribution >= 4 is 22.7 Å².